The summed E-state index contributed by atoms with van der Waals surface area (Å²) in [6.07, 6.45) is 1.66. The monoisotopic (exact) mass is 445 g/mol. The van der Waals surface area contributed by atoms with Crippen molar-refractivity contribution in [2.45, 2.75) is 11.7 Å². The number of aromatic nitrogens is 3. The van der Waals surface area contributed by atoms with Crippen molar-refractivity contribution in [2.24, 2.45) is 0 Å². The minimum absolute atomic E-state index is 0.538. The quantitative estimate of drug-likeness (QED) is 0.243. The van der Waals surface area contributed by atoms with Crippen molar-refractivity contribution < 1.29 is 9.15 Å². The summed E-state index contributed by atoms with van der Waals surface area (Å²) in [5.41, 5.74) is 0.942. The van der Waals surface area contributed by atoms with Crippen LogP contribution in [0.15, 0.2) is 76.5 Å². The van der Waals surface area contributed by atoms with Crippen molar-refractivity contribution in [3.8, 4) is 17.1 Å². The van der Waals surface area contributed by atoms with Gasteiger partial charge in [-0.3, -0.25) is 4.57 Å². The van der Waals surface area contributed by atoms with Crippen molar-refractivity contribution >= 4 is 35.0 Å². The van der Waals surface area contributed by atoms with Gasteiger partial charge in [0.05, 0.1) is 19.4 Å². The molecule has 0 aliphatic carbocycles. The second-order valence-electron chi connectivity index (χ2n) is 6.13. The summed E-state index contributed by atoms with van der Waals surface area (Å²) in [6, 6.07) is 18.7. The minimum atomic E-state index is 0.538. The fraction of sp³-hybridized carbons (Fsp3) is 0.143. The van der Waals surface area contributed by atoms with Gasteiger partial charge in [0, 0.05) is 21.4 Å². The van der Waals surface area contributed by atoms with E-state index in [1.807, 2.05) is 65.2 Å². The van der Waals surface area contributed by atoms with Crippen molar-refractivity contribution in [2.75, 3.05) is 12.4 Å². The molecule has 0 unspecified atom stereocenters. The van der Waals surface area contributed by atoms with E-state index in [-0.39, 0.29) is 0 Å². The van der Waals surface area contributed by atoms with E-state index in [0.29, 0.717) is 23.2 Å². The van der Waals surface area contributed by atoms with Crippen LogP contribution in [0.5, 0.6) is 5.75 Å². The number of hydrogen-bond donors (Lipinski definition) is 0. The number of benzene rings is 2. The van der Waals surface area contributed by atoms with E-state index in [0.717, 1.165) is 33.8 Å². The molecule has 4 aromatic rings. The van der Waals surface area contributed by atoms with E-state index >= 15 is 0 Å². The minimum Gasteiger partial charge on any atom is -0.493 e. The number of nitrogens with zero attached hydrogens (tertiary/aromatic N) is 3. The van der Waals surface area contributed by atoms with Crippen LogP contribution in [0.25, 0.3) is 11.4 Å². The van der Waals surface area contributed by atoms with Crippen LogP contribution in [0, 0.1) is 0 Å². The molecule has 0 saturated heterocycles. The highest BCUT2D eigenvalue weighted by Crippen LogP contribution is 2.26. The van der Waals surface area contributed by atoms with Gasteiger partial charge in [-0.1, -0.05) is 35.0 Å². The Morgan fingerprint density at radius 3 is 2.34 bits per heavy atom. The highest BCUT2D eigenvalue weighted by Gasteiger charge is 2.16. The van der Waals surface area contributed by atoms with Crippen molar-refractivity contribution in [3.05, 3.63) is 82.7 Å². The first-order valence-corrected chi connectivity index (χ1v) is 10.7. The second kappa shape index (κ2) is 9.39. The van der Waals surface area contributed by atoms with Crippen LogP contribution in [-0.2, 0) is 6.54 Å². The summed E-state index contributed by atoms with van der Waals surface area (Å²) in [4.78, 5) is 0. The molecule has 0 atom stereocenters. The number of rotatable bonds is 8. The first-order valence-electron chi connectivity index (χ1n) is 8.92. The van der Waals surface area contributed by atoms with Crippen molar-refractivity contribution in [1.29, 1.82) is 0 Å². The normalized spacial score (nSPS) is 11.0. The molecule has 0 aliphatic heterocycles. The Kier molecular flexibility index (Phi) is 6.44. The van der Waals surface area contributed by atoms with Gasteiger partial charge in [0.2, 0.25) is 0 Å². The Bertz CT molecular complexity index is 1050. The molecule has 0 saturated carbocycles. The van der Waals surface area contributed by atoms with Crippen LogP contribution in [0.2, 0.25) is 10.0 Å². The van der Waals surface area contributed by atoms with Crippen molar-refractivity contribution in [1.82, 2.24) is 14.8 Å². The largest absolute Gasteiger partial charge is 0.493 e. The molecule has 29 heavy (non-hydrogen) atoms. The predicted molar refractivity (Wildman–Crippen MR) is 116 cm³/mol. The highest BCUT2D eigenvalue weighted by molar-refractivity contribution is 7.99. The molecule has 0 radical (unpaired) electrons. The van der Waals surface area contributed by atoms with Crippen LogP contribution in [0.1, 0.15) is 5.76 Å². The van der Waals surface area contributed by atoms with E-state index in [1.165, 1.54) is 0 Å². The Labute approximate surface area is 182 Å². The summed E-state index contributed by atoms with van der Waals surface area (Å²) >= 11 is 13.5. The topological polar surface area (TPSA) is 53.1 Å². The zero-order chi connectivity index (χ0) is 20.1. The molecular weight excluding hydrogens is 429 g/mol. The van der Waals surface area contributed by atoms with E-state index in [9.17, 15) is 0 Å². The SMILES string of the molecule is Clc1ccc(OCCSc2nnc(-c3ccc(Cl)cc3)n2Cc2ccco2)cc1. The maximum atomic E-state index is 6.02. The molecule has 0 amide bonds. The molecule has 148 valence electrons. The summed E-state index contributed by atoms with van der Waals surface area (Å²) in [6.45, 7) is 1.08. The molecule has 2 aromatic heterocycles. The molecule has 0 N–H and O–H groups in total. The summed E-state index contributed by atoms with van der Waals surface area (Å²) in [5.74, 6) is 3.10. The smallest absolute Gasteiger partial charge is 0.192 e. The van der Waals surface area contributed by atoms with Gasteiger partial charge in [-0.15, -0.1) is 10.2 Å². The van der Waals surface area contributed by atoms with Gasteiger partial charge in [-0.25, -0.2) is 0 Å². The third kappa shape index (κ3) is 5.15. The average Bonchev–Trinajstić information content (AvgIpc) is 3.38. The Balaban J connectivity index is 1.48. The average molecular weight is 446 g/mol. The molecule has 5 nitrogen and oxygen atoms in total. The highest BCUT2D eigenvalue weighted by atomic mass is 35.5. The van der Waals surface area contributed by atoms with Crippen LogP contribution in [-0.4, -0.2) is 27.1 Å². The fourth-order valence-electron chi connectivity index (χ4n) is 2.73. The summed E-state index contributed by atoms with van der Waals surface area (Å²) < 4.78 is 13.3. The van der Waals surface area contributed by atoms with E-state index in [2.05, 4.69) is 10.2 Å². The maximum Gasteiger partial charge on any atom is 0.192 e. The number of hydrogen-bond acceptors (Lipinski definition) is 5. The number of halogens is 2. The van der Waals surface area contributed by atoms with Gasteiger partial charge in [-0.05, 0) is 60.7 Å². The lowest BCUT2D eigenvalue weighted by molar-refractivity contribution is 0.344. The zero-order valence-electron chi connectivity index (χ0n) is 15.3. The van der Waals surface area contributed by atoms with Crippen LogP contribution < -0.4 is 4.74 Å². The lowest BCUT2D eigenvalue weighted by Gasteiger charge is -2.09. The summed E-state index contributed by atoms with van der Waals surface area (Å²) in [7, 11) is 0. The standard InChI is InChI=1S/C21H17Cl2N3O2S/c22-16-5-3-15(4-6-16)20-24-25-21(26(20)14-19-2-1-11-27-19)29-13-12-28-18-9-7-17(23)8-10-18/h1-11H,12-14H2. The fourth-order valence-corrected chi connectivity index (χ4v) is 3.74. The van der Waals surface area contributed by atoms with Crippen LogP contribution >= 0.6 is 35.0 Å². The molecular formula is C21H17Cl2N3O2S. The van der Waals surface area contributed by atoms with Crippen molar-refractivity contribution in [3.63, 3.8) is 0 Å². The number of furan rings is 1. The molecule has 0 spiro atoms. The first kappa shape index (κ1) is 19.9. The third-order valence-electron chi connectivity index (χ3n) is 4.11. The molecule has 0 bridgehead atoms. The first-order chi connectivity index (χ1) is 14.2. The molecule has 0 fully saturated rings. The Morgan fingerprint density at radius 1 is 0.931 bits per heavy atom. The molecule has 2 heterocycles. The molecule has 8 heteroatoms. The van der Waals surface area contributed by atoms with Gasteiger partial charge in [0.1, 0.15) is 11.5 Å². The maximum absolute atomic E-state index is 6.02. The van der Waals surface area contributed by atoms with E-state index in [1.54, 1.807) is 18.0 Å². The lowest BCUT2D eigenvalue weighted by Crippen LogP contribution is -2.05. The number of ether oxygens (including phenoxy) is 1. The van der Waals surface area contributed by atoms with Crippen LogP contribution in [0.4, 0.5) is 0 Å². The third-order valence-corrected chi connectivity index (χ3v) is 5.55. The molecule has 0 aliphatic rings. The lowest BCUT2D eigenvalue weighted by atomic mass is 10.2. The zero-order valence-corrected chi connectivity index (χ0v) is 17.6. The van der Waals surface area contributed by atoms with Gasteiger partial charge < -0.3 is 9.15 Å². The van der Waals surface area contributed by atoms with Gasteiger partial charge in [-0.2, -0.15) is 0 Å². The van der Waals surface area contributed by atoms with E-state index < -0.39 is 0 Å². The van der Waals surface area contributed by atoms with Crippen LogP contribution in [0.3, 0.4) is 0 Å². The summed E-state index contributed by atoms with van der Waals surface area (Å²) in [5, 5.41) is 10.9. The van der Waals surface area contributed by atoms with Gasteiger partial charge in [0.25, 0.3) is 0 Å². The molecule has 2 aromatic carbocycles. The van der Waals surface area contributed by atoms with E-state index in [4.69, 9.17) is 32.4 Å². The Hall–Kier alpha value is -2.41. The molecule has 4 rings (SSSR count). The van der Waals surface area contributed by atoms with Gasteiger partial charge >= 0.3 is 0 Å². The Morgan fingerprint density at radius 2 is 1.66 bits per heavy atom. The second-order valence-corrected chi connectivity index (χ2v) is 8.06. The van der Waals surface area contributed by atoms with Gasteiger partial charge in [0.15, 0.2) is 11.0 Å². The number of thioether (sulfide) groups is 1. The predicted octanol–water partition coefficient (Wildman–Crippen LogP) is 6.06.